The molecule has 0 bridgehead atoms. The van der Waals surface area contributed by atoms with E-state index in [9.17, 15) is 4.79 Å². The minimum absolute atomic E-state index is 0.0734. The van der Waals surface area contributed by atoms with Gasteiger partial charge in [0, 0.05) is 0 Å². The summed E-state index contributed by atoms with van der Waals surface area (Å²) in [6.45, 7) is 3.76. The fraction of sp³-hybridized carbons (Fsp3) is 0.308. The van der Waals surface area contributed by atoms with Gasteiger partial charge in [-0.05, 0) is 38.1 Å². The summed E-state index contributed by atoms with van der Waals surface area (Å²) in [5, 5.41) is 0. The highest BCUT2D eigenvalue weighted by Gasteiger charge is 2.11. The molecule has 0 saturated carbocycles. The lowest BCUT2D eigenvalue weighted by Crippen LogP contribution is -2.00. The molecule has 86 valence electrons. The highest BCUT2D eigenvalue weighted by Crippen LogP contribution is 2.24. The number of ether oxygens (including phenoxy) is 2. The second kappa shape index (κ2) is 5.35. The van der Waals surface area contributed by atoms with Crippen LogP contribution >= 0.6 is 0 Å². The van der Waals surface area contributed by atoms with Gasteiger partial charge in [-0.3, -0.25) is 4.79 Å². The van der Waals surface area contributed by atoms with Crippen molar-refractivity contribution in [2.45, 2.75) is 13.8 Å². The molecule has 0 saturated heterocycles. The third kappa shape index (κ3) is 2.86. The van der Waals surface area contributed by atoms with Crippen molar-refractivity contribution in [3.8, 4) is 11.5 Å². The molecule has 0 radical (unpaired) electrons. The van der Waals surface area contributed by atoms with Gasteiger partial charge in [0.05, 0.1) is 19.8 Å². The minimum Gasteiger partial charge on any atom is -0.497 e. The van der Waals surface area contributed by atoms with Gasteiger partial charge < -0.3 is 9.47 Å². The molecule has 0 aromatic heterocycles. The highest BCUT2D eigenvalue weighted by atomic mass is 16.5. The number of hydrogen-bond donors (Lipinski definition) is 0. The number of hydrogen-bond acceptors (Lipinski definition) is 3. The summed E-state index contributed by atoms with van der Waals surface area (Å²) in [4.78, 5) is 11.9. The third-order valence-corrected chi connectivity index (χ3v) is 2.09. The summed E-state index contributed by atoms with van der Waals surface area (Å²) in [6, 6.07) is 5.17. The molecular weight excluding hydrogens is 204 g/mol. The summed E-state index contributed by atoms with van der Waals surface area (Å²) in [7, 11) is 3.11. The summed E-state index contributed by atoms with van der Waals surface area (Å²) in [6.07, 6.45) is 1.58. The van der Waals surface area contributed by atoms with Gasteiger partial charge in [0.25, 0.3) is 0 Å². The van der Waals surface area contributed by atoms with Gasteiger partial charge in [0.1, 0.15) is 11.5 Å². The number of allylic oxidation sites excluding steroid dienone is 2. The van der Waals surface area contributed by atoms with Gasteiger partial charge in [-0.15, -0.1) is 0 Å². The van der Waals surface area contributed by atoms with Crippen LogP contribution in [0, 0.1) is 0 Å². The summed E-state index contributed by atoms with van der Waals surface area (Å²) >= 11 is 0. The molecule has 0 unspecified atom stereocenters. The van der Waals surface area contributed by atoms with Crippen LogP contribution in [0.4, 0.5) is 0 Å². The lowest BCUT2D eigenvalue weighted by Gasteiger charge is -2.08. The number of methoxy groups -OCH3 is 2. The van der Waals surface area contributed by atoms with E-state index in [1.165, 1.54) is 0 Å². The summed E-state index contributed by atoms with van der Waals surface area (Å²) in [5.41, 5.74) is 1.47. The molecule has 1 aromatic carbocycles. The van der Waals surface area contributed by atoms with Crippen LogP contribution in [-0.2, 0) is 0 Å². The quantitative estimate of drug-likeness (QED) is 0.578. The van der Waals surface area contributed by atoms with E-state index >= 15 is 0 Å². The van der Waals surface area contributed by atoms with E-state index in [0.717, 1.165) is 5.57 Å². The van der Waals surface area contributed by atoms with E-state index in [-0.39, 0.29) is 5.78 Å². The Bertz CT molecular complexity index is 415. The van der Waals surface area contributed by atoms with Crippen molar-refractivity contribution in [3.63, 3.8) is 0 Å². The van der Waals surface area contributed by atoms with Crippen LogP contribution in [0.15, 0.2) is 29.8 Å². The van der Waals surface area contributed by atoms with Crippen molar-refractivity contribution in [1.82, 2.24) is 0 Å². The molecular formula is C13H16O3. The largest absolute Gasteiger partial charge is 0.497 e. The SMILES string of the molecule is COc1ccc(OC)c(C(=O)C=C(C)C)c1. The molecule has 0 heterocycles. The van der Waals surface area contributed by atoms with Gasteiger partial charge in [0.15, 0.2) is 5.78 Å². The van der Waals surface area contributed by atoms with Gasteiger partial charge >= 0.3 is 0 Å². The Morgan fingerprint density at radius 1 is 1.19 bits per heavy atom. The van der Waals surface area contributed by atoms with Crippen LogP contribution in [-0.4, -0.2) is 20.0 Å². The Morgan fingerprint density at radius 2 is 1.88 bits per heavy atom. The van der Waals surface area contributed by atoms with Crippen LogP contribution in [0.25, 0.3) is 0 Å². The van der Waals surface area contributed by atoms with Crippen LogP contribution in [0.1, 0.15) is 24.2 Å². The van der Waals surface area contributed by atoms with Crippen molar-refractivity contribution in [1.29, 1.82) is 0 Å². The van der Waals surface area contributed by atoms with Crippen LogP contribution in [0.5, 0.6) is 11.5 Å². The van der Waals surface area contributed by atoms with E-state index in [1.807, 2.05) is 13.8 Å². The zero-order valence-electron chi connectivity index (χ0n) is 10.0. The Labute approximate surface area is 95.7 Å². The molecule has 0 aliphatic rings. The van der Waals surface area contributed by atoms with Crippen molar-refractivity contribution in [3.05, 3.63) is 35.4 Å². The van der Waals surface area contributed by atoms with Crippen LogP contribution in [0.2, 0.25) is 0 Å². The first-order valence-corrected chi connectivity index (χ1v) is 4.99. The molecule has 3 nitrogen and oxygen atoms in total. The smallest absolute Gasteiger partial charge is 0.189 e. The maximum atomic E-state index is 11.9. The lowest BCUT2D eigenvalue weighted by atomic mass is 10.1. The number of carbonyl (C=O) groups excluding carboxylic acids is 1. The van der Waals surface area contributed by atoms with Crippen molar-refractivity contribution >= 4 is 5.78 Å². The molecule has 0 fully saturated rings. The monoisotopic (exact) mass is 220 g/mol. The Hall–Kier alpha value is -1.77. The maximum absolute atomic E-state index is 11.9. The normalized spacial score (nSPS) is 9.50. The number of rotatable bonds is 4. The van der Waals surface area contributed by atoms with E-state index in [0.29, 0.717) is 17.1 Å². The van der Waals surface area contributed by atoms with E-state index in [4.69, 9.17) is 9.47 Å². The fourth-order valence-corrected chi connectivity index (χ4v) is 1.35. The second-order valence-electron chi connectivity index (χ2n) is 3.65. The van der Waals surface area contributed by atoms with Crippen molar-refractivity contribution in [2.24, 2.45) is 0 Å². The van der Waals surface area contributed by atoms with Crippen molar-refractivity contribution in [2.75, 3.05) is 14.2 Å². The standard InChI is InChI=1S/C13H16O3/c1-9(2)7-12(14)11-8-10(15-3)5-6-13(11)16-4/h5-8H,1-4H3. The van der Waals surface area contributed by atoms with Gasteiger partial charge in [-0.1, -0.05) is 5.57 Å². The molecule has 3 heteroatoms. The van der Waals surface area contributed by atoms with Gasteiger partial charge in [-0.25, -0.2) is 0 Å². The van der Waals surface area contributed by atoms with E-state index in [1.54, 1.807) is 38.5 Å². The first kappa shape index (κ1) is 12.3. The van der Waals surface area contributed by atoms with E-state index < -0.39 is 0 Å². The van der Waals surface area contributed by atoms with Crippen molar-refractivity contribution < 1.29 is 14.3 Å². The van der Waals surface area contributed by atoms with Gasteiger partial charge in [0.2, 0.25) is 0 Å². The molecule has 0 aliphatic carbocycles. The topological polar surface area (TPSA) is 35.5 Å². The molecule has 16 heavy (non-hydrogen) atoms. The first-order chi connectivity index (χ1) is 7.58. The molecule has 0 amide bonds. The average Bonchev–Trinajstić information content (AvgIpc) is 2.27. The minimum atomic E-state index is -0.0734. The summed E-state index contributed by atoms with van der Waals surface area (Å²) < 4.78 is 10.2. The second-order valence-corrected chi connectivity index (χ2v) is 3.65. The number of carbonyl (C=O) groups is 1. The lowest BCUT2D eigenvalue weighted by molar-refractivity contribution is 0.104. The Kier molecular flexibility index (Phi) is 4.11. The number of ketones is 1. The zero-order chi connectivity index (χ0) is 12.1. The average molecular weight is 220 g/mol. The maximum Gasteiger partial charge on any atom is 0.189 e. The number of benzene rings is 1. The van der Waals surface area contributed by atoms with E-state index in [2.05, 4.69) is 0 Å². The molecule has 1 rings (SSSR count). The zero-order valence-corrected chi connectivity index (χ0v) is 10.0. The predicted molar refractivity (Wildman–Crippen MR) is 63.3 cm³/mol. The predicted octanol–water partition coefficient (Wildman–Crippen LogP) is 2.85. The fourth-order valence-electron chi connectivity index (χ4n) is 1.35. The molecule has 0 spiro atoms. The van der Waals surface area contributed by atoms with Crippen LogP contribution < -0.4 is 9.47 Å². The first-order valence-electron chi connectivity index (χ1n) is 4.99. The van der Waals surface area contributed by atoms with Gasteiger partial charge in [-0.2, -0.15) is 0 Å². The molecule has 0 atom stereocenters. The molecule has 1 aromatic rings. The summed E-state index contributed by atoms with van der Waals surface area (Å²) in [5.74, 6) is 1.13. The Morgan fingerprint density at radius 3 is 2.38 bits per heavy atom. The Balaban J connectivity index is 3.18. The van der Waals surface area contributed by atoms with Crippen LogP contribution in [0.3, 0.4) is 0 Å². The molecule has 0 aliphatic heterocycles. The highest BCUT2D eigenvalue weighted by molar-refractivity contribution is 6.07. The third-order valence-electron chi connectivity index (χ3n) is 2.09. The molecule has 0 N–H and O–H groups in total.